The fraction of sp³-hybridized carbons (Fsp3) is 0.364. The highest BCUT2D eigenvalue weighted by Gasteiger charge is 2.08. The number of aryl methyl sites for hydroxylation is 1. The van der Waals surface area contributed by atoms with E-state index in [1.807, 2.05) is 36.7 Å². The predicted molar refractivity (Wildman–Crippen MR) is 136 cm³/mol. The van der Waals surface area contributed by atoms with Gasteiger partial charge in [0, 0.05) is 39.1 Å². The molecular formula is C22H30FIN8. The summed E-state index contributed by atoms with van der Waals surface area (Å²) in [5, 5.41) is 14.8. The SMILES string of the molecule is Cc1nnc(CNC(=NCc2ncccc2F)NCCCN(C)c2ccccc2)n1C.I. The average molecular weight is 552 g/mol. The zero-order valence-corrected chi connectivity index (χ0v) is 21.0. The van der Waals surface area contributed by atoms with Crippen LogP contribution in [0.15, 0.2) is 53.7 Å². The van der Waals surface area contributed by atoms with E-state index in [-0.39, 0.29) is 36.3 Å². The second kappa shape index (κ2) is 12.9. The molecule has 1 aromatic carbocycles. The minimum absolute atomic E-state index is 0. The fourth-order valence-corrected chi connectivity index (χ4v) is 2.97. The lowest BCUT2D eigenvalue weighted by Gasteiger charge is -2.19. The molecule has 0 radical (unpaired) electrons. The smallest absolute Gasteiger partial charge is 0.192 e. The Balaban J connectivity index is 0.00000363. The third kappa shape index (κ3) is 7.43. The molecule has 0 bridgehead atoms. The van der Waals surface area contributed by atoms with E-state index in [4.69, 9.17) is 0 Å². The van der Waals surface area contributed by atoms with Gasteiger partial charge in [-0.05, 0) is 37.6 Å². The zero-order chi connectivity index (χ0) is 22.1. The van der Waals surface area contributed by atoms with Crippen molar-refractivity contribution in [3.63, 3.8) is 0 Å². The van der Waals surface area contributed by atoms with Crippen molar-refractivity contribution in [3.05, 3.63) is 71.8 Å². The lowest BCUT2D eigenvalue weighted by atomic mass is 10.3. The number of para-hydroxylation sites is 1. The van der Waals surface area contributed by atoms with Crippen LogP contribution in [0, 0.1) is 12.7 Å². The monoisotopic (exact) mass is 552 g/mol. The van der Waals surface area contributed by atoms with E-state index < -0.39 is 0 Å². The summed E-state index contributed by atoms with van der Waals surface area (Å²) in [6, 6.07) is 13.2. The number of benzene rings is 1. The molecular weight excluding hydrogens is 522 g/mol. The molecule has 0 fully saturated rings. The largest absolute Gasteiger partial charge is 0.375 e. The number of nitrogens with zero attached hydrogens (tertiary/aromatic N) is 6. The first-order chi connectivity index (χ1) is 15.0. The van der Waals surface area contributed by atoms with Crippen molar-refractivity contribution < 1.29 is 4.39 Å². The van der Waals surface area contributed by atoms with E-state index in [9.17, 15) is 4.39 Å². The highest BCUT2D eigenvalue weighted by molar-refractivity contribution is 14.0. The van der Waals surface area contributed by atoms with Gasteiger partial charge in [0.25, 0.3) is 0 Å². The zero-order valence-electron chi connectivity index (χ0n) is 18.6. The van der Waals surface area contributed by atoms with Gasteiger partial charge in [-0.15, -0.1) is 34.2 Å². The first-order valence-electron chi connectivity index (χ1n) is 10.3. The summed E-state index contributed by atoms with van der Waals surface area (Å²) >= 11 is 0. The molecule has 0 saturated carbocycles. The van der Waals surface area contributed by atoms with Crippen molar-refractivity contribution in [2.75, 3.05) is 25.0 Å². The summed E-state index contributed by atoms with van der Waals surface area (Å²) in [4.78, 5) is 10.8. The van der Waals surface area contributed by atoms with Crippen LogP contribution >= 0.6 is 24.0 Å². The Bertz CT molecular complexity index is 993. The van der Waals surface area contributed by atoms with Gasteiger partial charge < -0.3 is 20.1 Å². The molecule has 2 heterocycles. The number of guanidine groups is 1. The second-order valence-corrected chi connectivity index (χ2v) is 7.21. The van der Waals surface area contributed by atoms with E-state index in [0.29, 0.717) is 24.7 Å². The van der Waals surface area contributed by atoms with Gasteiger partial charge in [0.15, 0.2) is 11.8 Å². The minimum atomic E-state index is -0.362. The third-order valence-corrected chi connectivity index (χ3v) is 4.98. The van der Waals surface area contributed by atoms with Crippen LogP contribution in [0.3, 0.4) is 0 Å². The first kappa shape index (κ1) is 25.5. The molecule has 0 aliphatic heterocycles. The Morgan fingerprint density at radius 3 is 2.59 bits per heavy atom. The summed E-state index contributed by atoms with van der Waals surface area (Å²) in [7, 11) is 3.99. The number of aromatic nitrogens is 4. The molecule has 0 aliphatic carbocycles. The summed E-state index contributed by atoms with van der Waals surface area (Å²) in [6.45, 7) is 4.10. The van der Waals surface area contributed by atoms with Gasteiger partial charge in [0.1, 0.15) is 11.6 Å². The quantitative estimate of drug-likeness (QED) is 0.184. The molecule has 0 amide bonds. The number of anilines is 1. The molecule has 0 aliphatic rings. The van der Waals surface area contributed by atoms with Gasteiger partial charge in [-0.1, -0.05) is 18.2 Å². The van der Waals surface area contributed by atoms with Gasteiger partial charge >= 0.3 is 0 Å². The van der Waals surface area contributed by atoms with Crippen LogP contribution in [0.5, 0.6) is 0 Å². The van der Waals surface area contributed by atoms with E-state index >= 15 is 0 Å². The van der Waals surface area contributed by atoms with Crippen molar-refractivity contribution in [2.24, 2.45) is 12.0 Å². The van der Waals surface area contributed by atoms with Crippen LogP contribution in [0.25, 0.3) is 0 Å². The van der Waals surface area contributed by atoms with Crippen LogP contribution in [0.2, 0.25) is 0 Å². The molecule has 10 heteroatoms. The molecule has 0 spiro atoms. The van der Waals surface area contributed by atoms with Crippen LogP contribution in [0.1, 0.15) is 23.8 Å². The van der Waals surface area contributed by atoms with Crippen LogP contribution in [-0.4, -0.2) is 45.8 Å². The van der Waals surface area contributed by atoms with Gasteiger partial charge in [-0.3, -0.25) is 4.98 Å². The lowest BCUT2D eigenvalue weighted by Crippen LogP contribution is -2.39. The predicted octanol–water partition coefficient (Wildman–Crippen LogP) is 3.04. The normalized spacial score (nSPS) is 11.1. The maximum Gasteiger partial charge on any atom is 0.192 e. The number of rotatable bonds is 9. The number of hydrogen-bond donors (Lipinski definition) is 2. The van der Waals surface area contributed by atoms with E-state index in [0.717, 1.165) is 24.6 Å². The highest BCUT2D eigenvalue weighted by atomic mass is 127. The molecule has 3 aromatic rings. The third-order valence-electron chi connectivity index (χ3n) is 4.98. The highest BCUT2D eigenvalue weighted by Crippen LogP contribution is 2.10. The first-order valence-corrected chi connectivity index (χ1v) is 10.3. The van der Waals surface area contributed by atoms with Gasteiger partial charge in [0.05, 0.1) is 18.8 Å². The maximum absolute atomic E-state index is 13.9. The van der Waals surface area contributed by atoms with Crippen molar-refractivity contribution in [2.45, 2.75) is 26.4 Å². The number of hydrogen-bond acceptors (Lipinski definition) is 5. The summed E-state index contributed by atoms with van der Waals surface area (Å²) in [6.07, 6.45) is 2.48. The number of pyridine rings is 1. The van der Waals surface area contributed by atoms with Crippen molar-refractivity contribution >= 4 is 35.6 Å². The Morgan fingerprint density at radius 1 is 1.12 bits per heavy atom. The standard InChI is InChI=1S/C22H29FN8.HI/c1-17-28-29-21(31(17)3)16-27-22(26-15-20-19(23)11-7-12-24-20)25-13-8-14-30(2)18-9-5-4-6-10-18;/h4-7,9-12H,8,13-16H2,1-3H3,(H2,25,26,27);1H. The van der Waals surface area contributed by atoms with Gasteiger partial charge in [0.2, 0.25) is 0 Å². The van der Waals surface area contributed by atoms with Crippen LogP contribution < -0.4 is 15.5 Å². The lowest BCUT2D eigenvalue weighted by molar-refractivity contribution is 0.599. The molecule has 172 valence electrons. The summed E-state index contributed by atoms with van der Waals surface area (Å²) in [5.41, 5.74) is 1.49. The van der Waals surface area contributed by atoms with E-state index in [1.54, 1.807) is 12.3 Å². The van der Waals surface area contributed by atoms with E-state index in [2.05, 4.69) is 54.9 Å². The molecule has 2 N–H and O–H groups in total. The van der Waals surface area contributed by atoms with Gasteiger partial charge in [-0.2, -0.15) is 0 Å². The van der Waals surface area contributed by atoms with Crippen molar-refractivity contribution in [3.8, 4) is 0 Å². The molecule has 32 heavy (non-hydrogen) atoms. The number of nitrogens with one attached hydrogen (secondary N) is 2. The fourth-order valence-electron chi connectivity index (χ4n) is 2.97. The van der Waals surface area contributed by atoms with Crippen LogP contribution in [0.4, 0.5) is 10.1 Å². The van der Waals surface area contributed by atoms with Gasteiger partial charge in [-0.25, -0.2) is 9.38 Å². The Morgan fingerprint density at radius 2 is 1.91 bits per heavy atom. The summed E-state index contributed by atoms with van der Waals surface area (Å²) in [5.74, 6) is 1.84. The van der Waals surface area contributed by atoms with Crippen LogP contribution in [-0.2, 0) is 20.1 Å². The topological polar surface area (TPSA) is 83.3 Å². The second-order valence-electron chi connectivity index (χ2n) is 7.21. The number of aliphatic imine (C=N–C) groups is 1. The Hall–Kier alpha value is -2.76. The molecule has 0 unspecified atom stereocenters. The average Bonchev–Trinajstić information content (AvgIpc) is 3.11. The maximum atomic E-state index is 13.9. The van der Waals surface area contributed by atoms with Crippen molar-refractivity contribution in [1.82, 2.24) is 30.4 Å². The summed E-state index contributed by atoms with van der Waals surface area (Å²) < 4.78 is 15.8. The molecule has 0 saturated heterocycles. The van der Waals surface area contributed by atoms with Crippen molar-refractivity contribution in [1.29, 1.82) is 0 Å². The Labute approximate surface area is 205 Å². The molecule has 8 nitrogen and oxygen atoms in total. The molecule has 3 rings (SSSR count). The Kier molecular flexibility index (Phi) is 10.3. The number of halogens is 2. The molecule has 2 aromatic heterocycles. The molecule has 0 atom stereocenters. The minimum Gasteiger partial charge on any atom is -0.375 e. The van der Waals surface area contributed by atoms with E-state index in [1.165, 1.54) is 11.8 Å².